The van der Waals surface area contributed by atoms with Gasteiger partial charge in [0.05, 0.1) is 0 Å². The smallest absolute Gasteiger partial charge is 0.226 e. The Balaban J connectivity index is 1.86. The first-order valence-corrected chi connectivity index (χ1v) is 6.27. The molecule has 1 heterocycles. The Hall–Kier alpha value is -2.03. The molecular formula is C15H18N2O. The summed E-state index contributed by atoms with van der Waals surface area (Å²) in [6.07, 6.45) is 5.40. The van der Waals surface area contributed by atoms with Crippen molar-refractivity contribution in [3.63, 3.8) is 0 Å². The maximum absolute atomic E-state index is 11.8. The molecule has 0 aliphatic heterocycles. The first-order chi connectivity index (χ1) is 8.78. The lowest BCUT2D eigenvalue weighted by atomic mass is 10.1. The van der Waals surface area contributed by atoms with Crippen LogP contribution in [0, 0.1) is 0 Å². The number of hydrogen-bond acceptors (Lipinski definition) is 1. The molecule has 1 N–H and O–H groups in total. The number of nitrogens with zero attached hydrogens (tertiary/aromatic N) is 1. The number of nitrogens with one attached hydrogen (secondary N) is 1. The van der Waals surface area contributed by atoms with Gasteiger partial charge in [-0.15, -0.1) is 0 Å². The number of amides is 1. The first-order valence-electron chi connectivity index (χ1n) is 6.27. The zero-order valence-electron chi connectivity index (χ0n) is 10.6. The molecule has 0 bridgehead atoms. The number of anilines is 1. The summed E-state index contributed by atoms with van der Waals surface area (Å²) in [6.45, 7) is 2.82. The van der Waals surface area contributed by atoms with Crippen molar-refractivity contribution in [3.8, 4) is 0 Å². The quantitative estimate of drug-likeness (QED) is 0.859. The maximum atomic E-state index is 11.8. The topological polar surface area (TPSA) is 34.0 Å². The van der Waals surface area contributed by atoms with Gasteiger partial charge in [0, 0.05) is 31.0 Å². The Morgan fingerprint density at radius 3 is 2.72 bits per heavy atom. The largest absolute Gasteiger partial charge is 0.354 e. The minimum absolute atomic E-state index is 0.0527. The van der Waals surface area contributed by atoms with Gasteiger partial charge in [0.2, 0.25) is 5.91 Å². The monoisotopic (exact) mass is 242 g/mol. The predicted molar refractivity (Wildman–Crippen MR) is 73.5 cm³/mol. The van der Waals surface area contributed by atoms with Gasteiger partial charge in [0.1, 0.15) is 0 Å². The lowest BCUT2D eigenvalue weighted by Crippen LogP contribution is -2.14. The van der Waals surface area contributed by atoms with Gasteiger partial charge in [0.25, 0.3) is 0 Å². The molecule has 1 aromatic heterocycles. The molecule has 1 amide bonds. The standard InChI is InChI=1S/C15H18N2O/c1-2-13-6-5-7-14(12-13)16-15(18)8-11-17-9-3-4-10-17/h3-7,9-10,12H,2,8,11H2,1H3,(H,16,18). The van der Waals surface area contributed by atoms with E-state index < -0.39 is 0 Å². The molecule has 0 saturated heterocycles. The zero-order valence-corrected chi connectivity index (χ0v) is 10.6. The van der Waals surface area contributed by atoms with Crippen molar-refractivity contribution in [1.29, 1.82) is 0 Å². The van der Waals surface area contributed by atoms with Gasteiger partial charge in [-0.2, -0.15) is 0 Å². The third-order valence-corrected chi connectivity index (χ3v) is 2.88. The van der Waals surface area contributed by atoms with Crippen LogP contribution in [0.3, 0.4) is 0 Å². The van der Waals surface area contributed by atoms with E-state index in [4.69, 9.17) is 0 Å². The second kappa shape index (κ2) is 6.05. The average molecular weight is 242 g/mol. The van der Waals surface area contributed by atoms with Crippen LogP contribution in [0.1, 0.15) is 18.9 Å². The molecule has 3 nitrogen and oxygen atoms in total. The van der Waals surface area contributed by atoms with Crippen LogP contribution in [0.2, 0.25) is 0 Å². The lowest BCUT2D eigenvalue weighted by Gasteiger charge is -2.07. The highest BCUT2D eigenvalue weighted by molar-refractivity contribution is 5.90. The van der Waals surface area contributed by atoms with Gasteiger partial charge in [-0.05, 0) is 36.2 Å². The van der Waals surface area contributed by atoms with E-state index >= 15 is 0 Å². The number of aryl methyl sites for hydroxylation is 2. The van der Waals surface area contributed by atoms with Crippen LogP contribution in [0.15, 0.2) is 48.8 Å². The van der Waals surface area contributed by atoms with Crippen molar-refractivity contribution in [1.82, 2.24) is 4.57 Å². The molecule has 2 rings (SSSR count). The summed E-state index contributed by atoms with van der Waals surface area (Å²) in [4.78, 5) is 11.8. The highest BCUT2D eigenvalue weighted by atomic mass is 16.1. The van der Waals surface area contributed by atoms with Crippen molar-refractivity contribution < 1.29 is 4.79 Å². The molecule has 0 unspecified atom stereocenters. The Bertz CT molecular complexity index is 503. The summed E-state index contributed by atoms with van der Waals surface area (Å²) < 4.78 is 2.00. The molecule has 0 spiro atoms. The van der Waals surface area contributed by atoms with Crippen LogP contribution in [-0.2, 0) is 17.8 Å². The molecule has 0 atom stereocenters. The summed E-state index contributed by atoms with van der Waals surface area (Å²) in [5.41, 5.74) is 2.12. The predicted octanol–water partition coefficient (Wildman–Crippen LogP) is 3.08. The Labute approximate surface area is 107 Å². The van der Waals surface area contributed by atoms with Crippen LogP contribution in [0.5, 0.6) is 0 Å². The summed E-state index contributed by atoms with van der Waals surface area (Å²) in [7, 11) is 0. The fourth-order valence-corrected chi connectivity index (χ4v) is 1.84. The molecule has 18 heavy (non-hydrogen) atoms. The number of carbonyl (C=O) groups excluding carboxylic acids is 1. The zero-order chi connectivity index (χ0) is 12.8. The van der Waals surface area contributed by atoms with Crippen LogP contribution in [0.4, 0.5) is 5.69 Å². The van der Waals surface area contributed by atoms with E-state index in [1.165, 1.54) is 5.56 Å². The van der Waals surface area contributed by atoms with E-state index in [1.807, 2.05) is 47.3 Å². The van der Waals surface area contributed by atoms with E-state index in [0.29, 0.717) is 13.0 Å². The number of benzene rings is 1. The highest BCUT2D eigenvalue weighted by Crippen LogP contribution is 2.11. The number of hydrogen-bond donors (Lipinski definition) is 1. The number of rotatable bonds is 5. The summed E-state index contributed by atoms with van der Waals surface area (Å²) in [5, 5.41) is 2.93. The van der Waals surface area contributed by atoms with Crippen molar-refractivity contribution in [3.05, 3.63) is 54.4 Å². The van der Waals surface area contributed by atoms with Gasteiger partial charge in [-0.1, -0.05) is 19.1 Å². The molecule has 0 radical (unpaired) electrons. The molecule has 94 valence electrons. The van der Waals surface area contributed by atoms with E-state index in [2.05, 4.69) is 18.3 Å². The molecule has 0 saturated carbocycles. The van der Waals surface area contributed by atoms with Crippen LogP contribution >= 0.6 is 0 Å². The van der Waals surface area contributed by atoms with Crippen molar-refractivity contribution in [2.75, 3.05) is 5.32 Å². The third-order valence-electron chi connectivity index (χ3n) is 2.88. The number of carbonyl (C=O) groups is 1. The molecule has 3 heteroatoms. The van der Waals surface area contributed by atoms with Crippen LogP contribution in [0.25, 0.3) is 0 Å². The normalized spacial score (nSPS) is 10.3. The van der Waals surface area contributed by atoms with Crippen molar-refractivity contribution in [2.24, 2.45) is 0 Å². The molecule has 2 aromatic rings. The fraction of sp³-hybridized carbons (Fsp3) is 0.267. The van der Waals surface area contributed by atoms with Gasteiger partial charge >= 0.3 is 0 Å². The van der Waals surface area contributed by atoms with E-state index in [-0.39, 0.29) is 5.91 Å². The van der Waals surface area contributed by atoms with Gasteiger partial charge < -0.3 is 9.88 Å². The minimum Gasteiger partial charge on any atom is -0.354 e. The van der Waals surface area contributed by atoms with Crippen molar-refractivity contribution >= 4 is 11.6 Å². The summed E-state index contributed by atoms with van der Waals surface area (Å²) in [6, 6.07) is 11.9. The van der Waals surface area contributed by atoms with Gasteiger partial charge in [-0.25, -0.2) is 0 Å². The third kappa shape index (κ3) is 3.48. The molecular weight excluding hydrogens is 224 g/mol. The van der Waals surface area contributed by atoms with E-state index in [9.17, 15) is 4.79 Å². The summed E-state index contributed by atoms with van der Waals surface area (Å²) in [5.74, 6) is 0.0527. The summed E-state index contributed by atoms with van der Waals surface area (Å²) >= 11 is 0. The van der Waals surface area contributed by atoms with Crippen LogP contribution < -0.4 is 5.32 Å². The van der Waals surface area contributed by atoms with Crippen molar-refractivity contribution in [2.45, 2.75) is 26.3 Å². The second-order valence-electron chi connectivity index (χ2n) is 4.27. The molecule has 0 fully saturated rings. The Morgan fingerprint density at radius 1 is 1.22 bits per heavy atom. The fourth-order valence-electron chi connectivity index (χ4n) is 1.84. The SMILES string of the molecule is CCc1cccc(NC(=O)CCn2cccc2)c1. The highest BCUT2D eigenvalue weighted by Gasteiger charge is 2.02. The lowest BCUT2D eigenvalue weighted by molar-refractivity contribution is -0.116. The minimum atomic E-state index is 0.0527. The Morgan fingerprint density at radius 2 is 2.00 bits per heavy atom. The van der Waals surface area contributed by atoms with E-state index in [0.717, 1.165) is 12.1 Å². The molecule has 0 aliphatic rings. The van der Waals surface area contributed by atoms with E-state index in [1.54, 1.807) is 0 Å². The maximum Gasteiger partial charge on any atom is 0.226 e. The average Bonchev–Trinajstić information content (AvgIpc) is 2.90. The van der Waals surface area contributed by atoms with Gasteiger partial charge in [0.15, 0.2) is 0 Å². The number of aromatic nitrogens is 1. The van der Waals surface area contributed by atoms with Gasteiger partial charge in [-0.3, -0.25) is 4.79 Å². The van der Waals surface area contributed by atoms with Crippen LogP contribution in [-0.4, -0.2) is 10.5 Å². The second-order valence-corrected chi connectivity index (χ2v) is 4.27. The molecule has 0 aliphatic carbocycles. The Kier molecular flexibility index (Phi) is 4.18. The molecule has 1 aromatic carbocycles. The first kappa shape index (κ1) is 12.4.